The van der Waals surface area contributed by atoms with Crippen LogP contribution in [0.5, 0.6) is 5.75 Å². The van der Waals surface area contributed by atoms with Crippen LogP contribution in [0.3, 0.4) is 0 Å². The minimum atomic E-state index is -3.80. The third-order valence-corrected chi connectivity index (χ3v) is 7.39. The molecule has 0 fully saturated rings. The smallest absolute Gasteiger partial charge is 0.244 e. The molecule has 0 aromatic heterocycles. The predicted molar refractivity (Wildman–Crippen MR) is 124 cm³/mol. The average Bonchev–Trinajstić information content (AvgIpc) is 2.77. The third kappa shape index (κ3) is 4.90. The molecule has 0 saturated heterocycles. The van der Waals surface area contributed by atoms with Crippen molar-refractivity contribution in [1.82, 2.24) is 5.32 Å². The lowest BCUT2D eigenvalue weighted by Crippen LogP contribution is -2.52. The summed E-state index contributed by atoms with van der Waals surface area (Å²) >= 11 is 0. The van der Waals surface area contributed by atoms with Crippen LogP contribution >= 0.6 is 0 Å². The first-order chi connectivity index (χ1) is 15.1. The predicted octanol–water partition coefficient (Wildman–Crippen LogP) is 4.57. The number of nitrogens with one attached hydrogen (secondary N) is 1. The maximum absolute atomic E-state index is 13.4. The van der Waals surface area contributed by atoms with E-state index in [2.05, 4.69) is 19.2 Å². The molecule has 8 heteroatoms. The Morgan fingerprint density at radius 2 is 1.78 bits per heavy atom. The molecule has 0 unspecified atom stereocenters. The van der Waals surface area contributed by atoms with Gasteiger partial charge in [-0.3, -0.25) is 9.10 Å². The van der Waals surface area contributed by atoms with Crippen molar-refractivity contribution in [2.75, 3.05) is 10.6 Å². The number of carbonyl (C=O) groups excluding carboxylic acids is 1. The third-order valence-electron chi connectivity index (χ3n) is 6.21. The molecule has 174 valence electrons. The summed E-state index contributed by atoms with van der Waals surface area (Å²) in [5.41, 5.74) is 0.724. The van der Waals surface area contributed by atoms with Crippen LogP contribution in [0.15, 0.2) is 48.5 Å². The van der Waals surface area contributed by atoms with E-state index >= 15 is 0 Å². The summed E-state index contributed by atoms with van der Waals surface area (Å²) in [6.07, 6.45) is 3.47. The molecule has 2 aromatic rings. The number of sulfonamides is 1. The van der Waals surface area contributed by atoms with Gasteiger partial charge in [0.1, 0.15) is 23.2 Å². The van der Waals surface area contributed by atoms with E-state index in [1.54, 1.807) is 6.92 Å². The Bertz CT molecular complexity index is 1050. The molecule has 1 aliphatic heterocycles. The monoisotopic (exact) mass is 462 g/mol. The molecule has 0 bridgehead atoms. The highest BCUT2D eigenvalue weighted by Crippen LogP contribution is 2.42. The van der Waals surface area contributed by atoms with Crippen LogP contribution in [-0.4, -0.2) is 32.2 Å². The van der Waals surface area contributed by atoms with Gasteiger partial charge in [0, 0.05) is 12.0 Å². The number of amides is 1. The van der Waals surface area contributed by atoms with Crippen molar-refractivity contribution < 1.29 is 22.3 Å². The first-order valence-corrected chi connectivity index (χ1v) is 12.8. The van der Waals surface area contributed by atoms with Gasteiger partial charge >= 0.3 is 0 Å². The Kier molecular flexibility index (Phi) is 7.12. The van der Waals surface area contributed by atoms with E-state index in [-0.39, 0.29) is 18.2 Å². The average molecular weight is 463 g/mol. The number of para-hydroxylation sites is 1. The number of benzene rings is 2. The van der Waals surface area contributed by atoms with E-state index in [9.17, 15) is 17.6 Å². The first kappa shape index (κ1) is 24.0. The number of hydrogen-bond donors (Lipinski definition) is 1. The second-order valence-electron chi connectivity index (χ2n) is 8.25. The highest BCUT2D eigenvalue weighted by Gasteiger charge is 2.40. The second kappa shape index (κ2) is 9.48. The van der Waals surface area contributed by atoms with E-state index in [1.807, 2.05) is 24.3 Å². The van der Waals surface area contributed by atoms with Gasteiger partial charge in [-0.15, -0.1) is 0 Å². The van der Waals surface area contributed by atoms with Crippen LogP contribution < -0.4 is 14.4 Å². The Morgan fingerprint density at radius 1 is 1.16 bits per heavy atom. The number of ether oxygens (including phenoxy) is 1. The Hall–Kier alpha value is -2.61. The molecule has 2 aromatic carbocycles. The largest absolute Gasteiger partial charge is 0.487 e. The van der Waals surface area contributed by atoms with Crippen LogP contribution in [0, 0.1) is 5.82 Å². The summed E-state index contributed by atoms with van der Waals surface area (Å²) in [6, 6.07) is 11.4. The summed E-state index contributed by atoms with van der Waals surface area (Å²) in [4.78, 5) is 13.4. The molecule has 6 nitrogen and oxygen atoms in total. The molecule has 1 aliphatic rings. The van der Waals surface area contributed by atoms with Crippen molar-refractivity contribution in [2.24, 2.45) is 0 Å². The zero-order valence-corrected chi connectivity index (χ0v) is 19.8. The number of hydrogen-bond acceptors (Lipinski definition) is 4. The molecule has 0 spiro atoms. The van der Waals surface area contributed by atoms with E-state index in [4.69, 9.17) is 4.74 Å². The number of nitrogens with zero attached hydrogens (tertiary/aromatic N) is 1. The van der Waals surface area contributed by atoms with Crippen molar-refractivity contribution in [3.05, 3.63) is 59.9 Å². The molecular formula is C24H31FN2O4S. The molecule has 0 saturated carbocycles. The molecular weight excluding hydrogens is 431 g/mol. The molecule has 0 radical (unpaired) electrons. The fourth-order valence-electron chi connectivity index (χ4n) is 4.35. The van der Waals surface area contributed by atoms with E-state index in [1.165, 1.54) is 24.3 Å². The van der Waals surface area contributed by atoms with Crippen molar-refractivity contribution in [2.45, 2.75) is 64.1 Å². The fraction of sp³-hybridized carbons (Fsp3) is 0.458. The van der Waals surface area contributed by atoms with Crippen LogP contribution in [0.1, 0.15) is 58.1 Å². The molecule has 1 N–H and O–H groups in total. The zero-order valence-electron chi connectivity index (χ0n) is 19.0. The van der Waals surface area contributed by atoms with Gasteiger partial charge in [0.05, 0.1) is 18.0 Å². The maximum atomic E-state index is 13.4. The standard InChI is InChI=1S/C24H31FN2O4S/c1-5-21(27(32(4,29)30)18-14-12-17(25)13-15-18)23(28)26-20-16-24(6-2,7-3)31-22-11-9-8-10-19(20)22/h8-15,20-21H,5-7,16H2,1-4H3,(H,26,28)/t20-,21+/m1/s1. The molecule has 1 heterocycles. The summed E-state index contributed by atoms with van der Waals surface area (Å²) in [5, 5.41) is 3.08. The van der Waals surface area contributed by atoms with Gasteiger partial charge in [0.2, 0.25) is 15.9 Å². The molecule has 0 aliphatic carbocycles. The molecule has 2 atom stereocenters. The molecule has 32 heavy (non-hydrogen) atoms. The summed E-state index contributed by atoms with van der Waals surface area (Å²) in [7, 11) is -3.80. The van der Waals surface area contributed by atoms with Crippen LogP contribution in [0.25, 0.3) is 0 Å². The summed E-state index contributed by atoms with van der Waals surface area (Å²) in [5.74, 6) is -0.140. The van der Waals surface area contributed by atoms with Gasteiger partial charge < -0.3 is 10.1 Å². The van der Waals surface area contributed by atoms with Crippen LogP contribution in [-0.2, 0) is 14.8 Å². The lowest BCUT2D eigenvalue weighted by molar-refractivity contribution is -0.123. The Balaban J connectivity index is 1.95. The molecule has 1 amide bonds. The van der Waals surface area contributed by atoms with Crippen LogP contribution in [0.2, 0.25) is 0 Å². The van der Waals surface area contributed by atoms with Crippen molar-refractivity contribution in [1.29, 1.82) is 0 Å². The molecule has 3 rings (SSSR count). The minimum Gasteiger partial charge on any atom is -0.487 e. The number of carbonyl (C=O) groups is 1. The van der Waals surface area contributed by atoms with E-state index in [0.29, 0.717) is 6.42 Å². The lowest BCUT2D eigenvalue weighted by atomic mass is 9.83. The first-order valence-electron chi connectivity index (χ1n) is 11.0. The Labute approximate surface area is 189 Å². The van der Waals surface area contributed by atoms with E-state index < -0.39 is 33.4 Å². The van der Waals surface area contributed by atoms with Crippen molar-refractivity contribution >= 4 is 21.6 Å². The highest BCUT2D eigenvalue weighted by molar-refractivity contribution is 7.92. The number of halogens is 1. The maximum Gasteiger partial charge on any atom is 0.244 e. The Morgan fingerprint density at radius 3 is 2.34 bits per heavy atom. The fourth-order valence-corrected chi connectivity index (χ4v) is 5.56. The van der Waals surface area contributed by atoms with Gasteiger partial charge in [-0.05, 0) is 49.6 Å². The normalized spacial score (nSPS) is 18.2. The van der Waals surface area contributed by atoms with Gasteiger partial charge in [0.15, 0.2) is 0 Å². The summed E-state index contributed by atoms with van der Waals surface area (Å²) in [6.45, 7) is 5.88. The highest BCUT2D eigenvalue weighted by atomic mass is 32.2. The van der Waals surface area contributed by atoms with Crippen molar-refractivity contribution in [3.63, 3.8) is 0 Å². The zero-order chi connectivity index (χ0) is 23.5. The van der Waals surface area contributed by atoms with E-state index in [0.717, 1.165) is 34.7 Å². The number of rotatable bonds is 8. The SMILES string of the molecule is CC[C@@H](C(=O)N[C@@H]1CC(CC)(CC)Oc2ccccc21)N(c1ccc(F)cc1)S(C)(=O)=O. The van der Waals surface area contributed by atoms with Gasteiger partial charge in [-0.2, -0.15) is 0 Å². The summed E-state index contributed by atoms with van der Waals surface area (Å²) < 4.78 is 46.1. The number of fused-ring (bicyclic) bond motifs is 1. The minimum absolute atomic E-state index is 0.250. The van der Waals surface area contributed by atoms with Gasteiger partial charge in [-0.1, -0.05) is 39.0 Å². The quantitative estimate of drug-likeness (QED) is 0.624. The van der Waals surface area contributed by atoms with Crippen molar-refractivity contribution in [3.8, 4) is 5.75 Å². The topological polar surface area (TPSA) is 75.7 Å². The van der Waals surface area contributed by atoms with Crippen LogP contribution in [0.4, 0.5) is 10.1 Å². The van der Waals surface area contributed by atoms with Gasteiger partial charge in [0.25, 0.3) is 0 Å². The second-order valence-corrected chi connectivity index (χ2v) is 10.1. The van der Waals surface area contributed by atoms with Gasteiger partial charge in [-0.25, -0.2) is 12.8 Å². The number of anilines is 1. The lowest BCUT2D eigenvalue weighted by Gasteiger charge is -2.42.